The van der Waals surface area contributed by atoms with Crippen molar-refractivity contribution in [3.05, 3.63) is 29.8 Å². The molecule has 1 fully saturated rings. The van der Waals surface area contributed by atoms with Gasteiger partial charge < -0.3 is 10.2 Å². The molecule has 0 spiro atoms. The Bertz CT molecular complexity index is 1020. The van der Waals surface area contributed by atoms with Gasteiger partial charge in [0.2, 0.25) is 11.0 Å². The van der Waals surface area contributed by atoms with Crippen LogP contribution in [0.25, 0.3) is 0 Å². The van der Waals surface area contributed by atoms with Gasteiger partial charge in [-0.15, -0.1) is 10.2 Å². The van der Waals surface area contributed by atoms with Gasteiger partial charge in [0.25, 0.3) is 20.3 Å². The molecule has 9 nitrogen and oxygen atoms in total. The lowest BCUT2D eigenvalue weighted by molar-refractivity contribution is -0.123. The molecule has 0 unspecified atom stereocenters. The first-order valence-corrected chi connectivity index (χ1v) is 11.9. The van der Waals surface area contributed by atoms with Crippen LogP contribution in [0.2, 0.25) is 0 Å². The summed E-state index contributed by atoms with van der Waals surface area (Å²) in [6.07, 6.45) is 3.14. The van der Waals surface area contributed by atoms with Gasteiger partial charge in [-0.25, -0.2) is 0 Å². The third kappa shape index (κ3) is 5.33. The Morgan fingerprint density at radius 3 is 2.27 bits per heavy atom. The molecular formula is C19H25N5O4S2. The van der Waals surface area contributed by atoms with E-state index in [4.69, 9.17) is 0 Å². The summed E-state index contributed by atoms with van der Waals surface area (Å²) in [6, 6.07) is 6.28. The van der Waals surface area contributed by atoms with Gasteiger partial charge >= 0.3 is 0 Å². The largest absolute Gasteiger partial charge is 0.339 e. The molecule has 1 aromatic carbocycles. The van der Waals surface area contributed by atoms with Crippen molar-refractivity contribution in [2.45, 2.75) is 44.4 Å². The Morgan fingerprint density at radius 1 is 1.03 bits per heavy atom. The SMILES string of the molecule is CC(C)(C)C(=O)Nc1nnc(S(=O)(=O)Nc2ccc(C(=O)N3CCCCC3)cc2)s1. The van der Waals surface area contributed by atoms with Gasteiger partial charge in [-0.1, -0.05) is 32.1 Å². The number of sulfonamides is 1. The van der Waals surface area contributed by atoms with E-state index in [0.717, 1.165) is 43.7 Å². The monoisotopic (exact) mass is 451 g/mol. The van der Waals surface area contributed by atoms with Crippen LogP contribution < -0.4 is 10.0 Å². The first-order valence-electron chi connectivity index (χ1n) is 9.63. The van der Waals surface area contributed by atoms with Gasteiger partial charge in [0.15, 0.2) is 0 Å². The van der Waals surface area contributed by atoms with Crippen molar-refractivity contribution in [3.63, 3.8) is 0 Å². The Morgan fingerprint density at radius 2 is 1.67 bits per heavy atom. The van der Waals surface area contributed by atoms with Crippen molar-refractivity contribution in [3.8, 4) is 0 Å². The lowest BCUT2D eigenvalue weighted by atomic mass is 9.96. The maximum Gasteiger partial charge on any atom is 0.291 e. The normalized spacial score (nSPS) is 15.0. The molecule has 30 heavy (non-hydrogen) atoms. The Kier molecular flexibility index (Phi) is 6.41. The number of carbonyl (C=O) groups is 2. The Labute approximate surface area is 179 Å². The second-order valence-corrected chi connectivity index (χ2v) is 10.9. The van der Waals surface area contributed by atoms with Crippen molar-refractivity contribution in [1.29, 1.82) is 0 Å². The van der Waals surface area contributed by atoms with Crippen LogP contribution in [0, 0.1) is 5.41 Å². The van der Waals surface area contributed by atoms with Crippen LogP contribution in [0.1, 0.15) is 50.4 Å². The smallest absolute Gasteiger partial charge is 0.291 e. The third-order valence-electron chi connectivity index (χ3n) is 4.57. The maximum absolute atomic E-state index is 12.6. The molecule has 1 aliphatic heterocycles. The molecule has 11 heteroatoms. The second kappa shape index (κ2) is 8.68. The zero-order chi connectivity index (χ0) is 21.9. The third-order valence-corrected chi connectivity index (χ3v) is 7.15. The number of rotatable bonds is 5. The molecular weight excluding hydrogens is 426 g/mol. The van der Waals surface area contributed by atoms with Gasteiger partial charge in [-0.05, 0) is 43.5 Å². The van der Waals surface area contributed by atoms with Crippen LogP contribution in [0.15, 0.2) is 28.6 Å². The molecule has 0 atom stereocenters. The van der Waals surface area contributed by atoms with E-state index in [2.05, 4.69) is 20.2 Å². The summed E-state index contributed by atoms with van der Waals surface area (Å²) in [6.45, 7) is 6.71. The van der Waals surface area contributed by atoms with Crippen molar-refractivity contribution in [1.82, 2.24) is 15.1 Å². The quantitative estimate of drug-likeness (QED) is 0.674. The lowest BCUT2D eigenvalue weighted by Crippen LogP contribution is -2.35. The molecule has 0 aliphatic carbocycles. The zero-order valence-electron chi connectivity index (χ0n) is 17.1. The number of hydrogen-bond donors (Lipinski definition) is 2. The van der Waals surface area contributed by atoms with E-state index in [1.165, 1.54) is 12.1 Å². The standard InChI is InChI=1S/C19H25N5O4S2/c1-19(2,3)16(26)20-17-21-22-18(29-17)30(27,28)23-14-9-7-13(8-10-14)15(25)24-11-5-4-6-12-24/h7-10,23H,4-6,11-12H2,1-3H3,(H,20,21,26). The summed E-state index contributed by atoms with van der Waals surface area (Å²) in [5.74, 6) is -0.336. The van der Waals surface area contributed by atoms with Gasteiger partial charge in [-0.3, -0.25) is 14.3 Å². The van der Waals surface area contributed by atoms with E-state index < -0.39 is 15.4 Å². The molecule has 1 aromatic heterocycles. The fourth-order valence-electron chi connectivity index (χ4n) is 2.81. The highest BCUT2D eigenvalue weighted by molar-refractivity contribution is 7.94. The van der Waals surface area contributed by atoms with Gasteiger partial charge in [0.05, 0.1) is 0 Å². The van der Waals surface area contributed by atoms with Gasteiger partial charge in [-0.2, -0.15) is 8.42 Å². The number of hydrogen-bond acceptors (Lipinski definition) is 7. The minimum Gasteiger partial charge on any atom is -0.339 e. The van der Waals surface area contributed by atoms with E-state index in [1.807, 2.05) is 4.90 Å². The zero-order valence-corrected chi connectivity index (χ0v) is 18.8. The summed E-state index contributed by atoms with van der Waals surface area (Å²) >= 11 is 0.765. The minimum absolute atomic E-state index is 0.0486. The number of carbonyl (C=O) groups excluding carboxylic acids is 2. The summed E-state index contributed by atoms with van der Waals surface area (Å²) < 4.78 is 27.3. The molecule has 0 saturated carbocycles. The van der Waals surface area contributed by atoms with Crippen molar-refractivity contribution in [2.75, 3.05) is 23.1 Å². The van der Waals surface area contributed by atoms with Gasteiger partial charge in [0, 0.05) is 29.8 Å². The number of likely N-dealkylation sites (tertiary alicyclic amines) is 1. The number of anilines is 2. The topological polar surface area (TPSA) is 121 Å². The van der Waals surface area contributed by atoms with Crippen LogP contribution in [0.3, 0.4) is 0 Å². The van der Waals surface area contributed by atoms with Gasteiger partial charge in [0.1, 0.15) is 0 Å². The Hall–Kier alpha value is -2.53. The number of aromatic nitrogens is 2. The fraction of sp³-hybridized carbons (Fsp3) is 0.474. The van der Waals surface area contributed by atoms with Crippen LogP contribution in [-0.4, -0.2) is 48.4 Å². The Balaban J connectivity index is 1.67. The molecule has 2 N–H and O–H groups in total. The predicted molar refractivity (Wildman–Crippen MR) is 115 cm³/mol. The highest BCUT2D eigenvalue weighted by atomic mass is 32.2. The minimum atomic E-state index is -3.97. The van der Waals surface area contributed by atoms with Crippen LogP contribution in [-0.2, 0) is 14.8 Å². The molecule has 1 saturated heterocycles. The summed E-state index contributed by atoms with van der Waals surface area (Å²) in [5, 5.41) is 10.1. The second-order valence-electron chi connectivity index (χ2n) is 8.11. The van der Waals surface area contributed by atoms with Crippen LogP contribution in [0.4, 0.5) is 10.8 Å². The number of benzene rings is 1. The van der Waals surface area contributed by atoms with Crippen molar-refractivity contribution in [2.24, 2.45) is 5.41 Å². The van der Waals surface area contributed by atoms with E-state index in [1.54, 1.807) is 32.9 Å². The maximum atomic E-state index is 12.6. The van der Waals surface area contributed by atoms with Crippen LogP contribution >= 0.6 is 11.3 Å². The summed E-state index contributed by atoms with van der Waals surface area (Å²) in [4.78, 5) is 26.3. The first-order chi connectivity index (χ1) is 14.1. The van der Waals surface area contributed by atoms with E-state index >= 15 is 0 Å². The fourth-order valence-corrected chi connectivity index (χ4v) is 4.77. The number of nitrogens with zero attached hydrogens (tertiary/aromatic N) is 3. The number of piperidine rings is 1. The number of amides is 2. The molecule has 1 aliphatic rings. The highest BCUT2D eigenvalue weighted by Gasteiger charge is 2.25. The van der Waals surface area contributed by atoms with Crippen molar-refractivity contribution < 1.29 is 18.0 Å². The summed E-state index contributed by atoms with van der Waals surface area (Å²) in [7, 11) is -3.97. The first kappa shape index (κ1) is 22.2. The number of nitrogens with one attached hydrogen (secondary N) is 2. The molecule has 2 heterocycles. The molecule has 3 rings (SSSR count). The van der Waals surface area contributed by atoms with E-state index in [9.17, 15) is 18.0 Å². The highest BCUT2D eigenvalue weighted by Crippen LogP contribution is 2.25. The van der Waals surface area contributed by atoms with Crippen molar-refractivity contribution >= 4 is 44.0 Å². The van der Waals surface area contributed by atoms with E-state index in [-0.39, 0.29) is 21.3 Å². The molecule has 2 amide bonds. The lowest BCUT2D eigenvalue weighted by Gasteiger charge is -2.26. The average Bonchev–Trinajstić information content (AvgIpc) is 3.17. The van der Waals surface area contributed by atoms with E-state index in [0.29, 0.717) is 11.3 Å². The molecule has 0 radical (unpaired) electrons. The molecule has 2 aromatic rings. The average molecular weight is 452 g/mol. The van der Waals surface area contributed by atoms with Crippen LogP contribution in [0.5, 0.6) is 0 Å². The predicted octanol–water partition coefficient (Wildman–Crippen LogP) is 2.95. The molecule has 0 bridgehead atoms. The summed E-state index contributed by atoms with van der Waals surface area (Å²) in [5.41, 5.74) is 0.180. The molecule has 162 valence electrons.